The summed E-state index contributed by atoms with van der Waals surface area (Å²) in [5, 5.41) is 14.3. The molecular formula is C12H20N2O2S. The highest BCUT2D eigenvalue weighted by molar-refractivity contribution is 7.99. The van der Waals surface area contributed by atoms with E-state index in [1.807, 2.05) is 11.8 Å². The van der Waals surface area contributed by atoms with Crippen LogP contribution in [0.25, 0.3) is 0 Å². The summed E-state index contributed by atoms with van der Waals surface area (Å²) >= 11 is 1.83. The van der Waals surface area contributed by atoms with E-state index in [4.69, 9.17) is 4.52 Å². The van der Waals surface area contributed by atoms with Gasteiger partial charge in [0.1, 0.15) is 0 Å². The van der Waals surface area contributed by atoms with Gasteiger partial charge < -0.3 is 9.63 Å². The first-order valence-electron chi connectivity index (χ1n) is 6.30. The molecule has 2 atom stereocenters. The Kier molecular flexibility index (Phi) is 4.45. The van der Waals surface area contributed by atoms with Gasteiger partial charge in [0, 0.05) is 5.25 Å². The van der Waals surface area contributed by atoms with Gasteiger partial charge in [-0.25, -0.2) is 0 Å². The molecular weight excluding hydrogens is 236 g/mol. The van der Waals surface area contributed by atoms with Gasteiger partial charge in [-0.15, -0.1) is 0 Å². The first kappa shape index (κ1) is 12.9. The van der Waals surface area contributed by atoms with E-state index in [1.165, 1.54) is 0 Å². The summed E-state index contributed by atoms with van der Waals surface area (Å²) in [6, 6.07) is 0. The lowest BCUT2D eigenvalue weighted by molar-refractivity contribution is 0.140. The van der Waals surface area contributed by atoms with Crippen molar-refractivity contribution in [3.05, 3.63) is 11.7 Å². The monoisotopic (exact) mass is 256 g/mol. The standard InChI is InChI=1S/C12H20N2O2S/c1-3-8(2)17-7-11-13-12(16-14-11)6-10(15)9-4-5-9/h8-10,15H,3-7H2,1-2H3. The average Bonchev–Trinajstić information content (AvgIpc) is 3.09. The molecule has 0 bridgehead atoms. The number of thioether (sulfide) groups is 1. The Hall–Kier alpha value is -0.550. The Morgan fingerprint density at radius 2 is 2.29 bits per heavy atom. The molecule has 0 radical (unpaired) electrons. The molecule has 0 saturated heterocycles. The van der Waals surface area contributed by atoms with Crippen molar-refractivity contribution in [3.63, 3.8) is 0 Å². The molecule has 1 heterocycles. The molecule has 2 rings (SSSR count). The smallest absolute Gasteiger partial charge is 0.229 e. The van der Waals surface area contributed by atoms with Crippen molar-refractivity contribution in [2.75, 3.05) is 0 Å². The summed E-state index contributed by atoms with van der Waals surface area (Å²) in [5.74, 6) is 2.56. The zero-order chi connectivity index (χ0) is 12.3. The van der Waals surface area contributed by atoms with Gasteiger partial charge in [0.2, 0.25) is 5.89 Å². The molecule has 5 heteroatoms. The Balaban J connectivity index is 1.78. The third-order valence-electron chi connectivity index (χ3n) is 3.13. The van der Waals surface area contributed by atoms with Crippen LogP contribution >= 0.6 is 11.8 Å². The second kappa shape index (κ2) is 5.87. The Labute approximate surface area is 106 Å². The number of nitrogens with zero attached hydrogens (tertiary/aromatic N) is 2. The average molecular weight is 256 g/mol. The topological polar surface area (TPSA) is 59.2 Å². The van der Waals surface area contributed by atoms with Gasteiger partial charge in [0.15, 0.2) is 5.82 Å². The highest BCUT2D eigenvalue weighted by atomic mass is 32.2. The molecule has 1 aromatic rings. The maximum atomic E-state index is 9.77. The first-order valence-corrected chi connectivity index (χ1v) is 7.35. The quantitative estimate of drug-likeness (QED) is 0.812. The highest BCUT2D eigenvalue weighted by Crippen LogP contribution is 2.33. The van der Waals surface area contributed by atoms with Crippen molar-refractivity contribution < 1.29 is 9.63 Å². The molecule has 1 saturated carbocycles. The summed E-state index contributed by atoms with van der Waals surface area (Å²) in [5.41, 5.74) is 0. The zero-order valence-electron chi connectivity index (χ0n) is 10.4. The molecule has 4 nitrogen and oxygen atoms in total. The van der Waals surface area contributed by atoms with Gasteiger partial charge in [-0.2, -0.15) is 16.7 Å². The second-order valence-corrected chi connectivity index (χ2v) is 6.17. The zero-order valence-corrected chi connectivity index (χ0v) is 11.2. The minimum atomic E-state index is -0.300. The molecule has 1 aliphatic carbocycles. The van der Waals surface area contributed by atoms with Gasteiger partial charge in [-0.3, -0.25) is 0 Å². The Morgan fingerprint density at radius 3 is 2.94 bits per heavy atom. The summed E-state index contributed by atoms with van der Waals surface area (Å²) in [7, 11) is 0. The van der Waals surface area contributed by atoms with Crippen LogP contribution in [-0.4, -0.2) is 26.6 Å². The van der Waals surface area contributed by atoms with Gasteiger partial charge in [-0.05, 0) is 25.2 Å². The van der Waals surface area contributed by atoms with Crippen LogP contribution in [0.5, 0.6) is 0 Å². The number of hydrogen-bond acceptors (Lipinski definition) is 5. The molecule has 1 aromatic heterocycles. The van der Waals surface area contributed by atoms with E-state index in [0.29, 0.717) is 23.5 Å². The Bertz CT molecular complexity index is 352. The number of rotatable bonds is 7. The summed E-state index contributed by atoms with van der Waals surface area (Å²) in [4.78, 5) is 4.31. The van der Waals surface area contributed by atoms with Gasteiger partial charge >= 0.3 is 0 Å². The van der Waals surface area contributed by atoms with Crippen molar-refractivity contribution in [1.29, 1.82) is 0 Å². The van der Waals surface area contributed by atoms with E-state index in [1.54, 1.807) is 0 Å². The van der Waals surface area contributed by atoms with E-state index in [9.17, 15) is 5.11 Å². The number of aromatic nitrogens is 2. The predicted molar refractivity (Wildman–Crippen MR) is 67.8 cm³/mol. The fraction of sp³-hybridized carbons (Fsp3) is 0.833. The molecule has 1 fully saturated rings. The van der Waals surface area contributed by atoms with Gasteiger partial charge in [0.05, 0.1) is 18.3 Å². The lowest BCUT2D eigenvalue weighted by Crippen LogP contribution is -2.12. The minimum absolute atomic E-state index is 0.300. The van der Waals surface area contributed by atoms with Crippen LogP contribution in [-0.2, 0) is 12.2 Å². The SMILES string of the molecule is CCC(C)SCc1noc(CC(O)C2CC2)n1. The van der Waals surface area contributed by atoms with Crippen LogP contribution in [0.15, 0.2) is 4.52 Å². The highest BCUT2D eigenvalue weighted by Gasteiger charge is 2.31. The van der Waals surface area contributed by atoms with E-state index >= 15 is 0 Å². The van der Waals surface area contributed by atoms with E-state index in [0.717, 1.165) is 30.8 Å². The largest absolute Gasteiger partial charge is 0.392 e. The van der Waals surface area contributed by atoms with E-state index in [2.05, 4.69) is 24.0 Å². The Morgan fingerprint density at radius 1 is 1.53 bits per heavy atom. The summed E-state index contributed by atoms with van der Waals surface area (Å²) in [6.45, 7) is 4.37. The van der Waals surface area contributed by atoms with Crippen LogP contribution < -0.4 is 0 Å². The van der Waals surface area contributed by atoms with E-state index in [-0.39, 0.29) is 6.10 Å². The second-order valence-electron chi connectivity index (χ2n) is 4.74. The van der Waals surface area contributed by atoms with Crippen molar-refractivity contribution in [1.82, 2.24) is 10.1 Å². The normalized spacial score (nSPS) is 19.2. The molecule has 0 aromatic carbocycles. The molecule has 96 valence electrons. The van der Waals surface area contributed by atoms with Crippen molar-refractivity contribution in [2.24, 2.45) is 5.92 Å². The summed E-state index contributed by atoms with van der Waals surface area (Å²) < 4.78 is 5.14. The maximum absolute atomic E-state index is 9.77. The third-order valence-corrected chi connectivity index (χ3v) is 4.46. The molecule has 0 aliphatic heterocycles. The lowest BCUT2D eigenvalue weighted by atomic mass is 10.2. The number of aliphatic hydroxyl groups is 1. The number of hydrogen-bond donors (Lipinski definition) is 1. The number of aliphatic hydroxyl groups excluding tert-OH is 1. The fourth-order valence-electron chi connectivity index (χ4n) is 1.59. The maximum Gasteiger partial charge on any atom is 0.229 e. The van der Waals surface area contributed by atoms with Crippen molar-refractivity contribution in [2.45, 2.75) is 56.6 Å². The van der Waals surface area contributed by atoms with Gasteiger partial charge in [-0.1, -0.05) is 19.0 Å². The fourth-order valence-corrected chi connectivity index (χ4v) is 2.38. The van der Waals surface area contributed by atoms with Gasteiger partial charge in [0.25, 0.3) is 0 Å². The summed E-state index contributed by atoms with van der Waals surface area (Å²) in [6.07, 6.45) is 3.62. The van der Waals surface area contributed by atoms with Crippen LogP contribution in [0, 0.1) is 5.92 Å². The molecule has 17 heavy (non-hydrogen) atoms. The van der Waals surface area contributed by atoms with E-state index < -0.39 is 0 Å². The predicted octanol–water partition coefficient (Wildman–Crippen LogP) is 2.41. The molecule has 2 unspecified atom stereocenters. The molecule has 1 aliphatic rings. The third kappa shape index (κ3) is 4.00. The first-order chi connectivity index (χ1) is 8.19. The van der Waals surface area contributed by atoms with Crippen LogP contribution in [0.3, 0.4) is 0 Å². The molecule has 0 spiro atoms. The van der Waals surface area contributed by atoms with Crippen molar-refractivity contribution in [3.8, 4) is 0 Å². The van der Waals surface area contributed by atoms with Crippen LogP contribution in [0.2, 0.25) is 0 Å². The van der Waals surface area contributed by atoms with Crippen LogP contribution in [0.1, 0.15) is 44.8 Å². The molecule has 1 N–H and O–H groups in total. The lowest BCUT2D eigenvalue weighted by Gasteiger charge is -2.04. The minimum Gasteiger partial charge on any atom is -0.392 e. The molecule has 0 amide bonds. The van der Waals surface area contributed by atoms with Crippen molar-refractivity contribution >= 4 is 11.8 Å². The van der Waals surface area contributed by atoms with Crippen LogP contribution in [0.4, 0.5) is 0 Å².